The van der Waals surface area contributed by atoms with Crippen LogP contribution in [0.1, 0.15) is 48.0 Å². The number of rotatable bonds is 14. The highest BCUT2D eigenvalue weighted by atomic mass is 16.5. The van der Waals surface area contributed by atoms with Crippen molar-refractivity contribution in [1.29, 1.82) is 0 Å². The first kappa shape index (κ1) is 36.6. The van der Waals surface area contributed by atoms with Crippen LogP contribution in [0.15, 0.2) is 24.3 Å². The average molecular weight is 595 g/mol. The van der Waals surface area contributed by atoms with Crippen LogP contribution in [0.3, 0.4) is 0 Å². The number of nitrogens with one attached hydrogen (secondary N) is 6. The van der Waals surface area contributed by atoms with Gasteiger partial charge in [-0.1, -0.05) is 59.8 Å². The molecule has 42 heavy (non-hydrogen) atoms. The molecule has 0 aliphatic carbocycles. The molecular weight excluding hydrogens is 544 g/mol. The van der Waals surface area contributed by atoms with Crippen molar-refractivity contribution in [2.24, 2.45) is 17.8 Å². The molecule has 6 amide bonds. The van der Waals surface area contributed by atoms with Crippen LogP contribution >= 0.6 is 0 Å². The van der Waals surface area contributed by atoms with Gasteiger partial charge in [-0.2, -0.15) is 0 Å². The van der Waals surface area contributed by atoms with Crippen molar-refractivity contribution < 1.29 is 33.4 Å². The average Bonchev–Trinajstić information content (AvgIpc) is 2.92. The van der Waals surface area contributed by atoms with Crippen LogP contribution in [0, 0.1) is 17.8 Å². The third-order valence-electron chi connectivity index (χ3n) is 6.45. The first-order valence-electron chi connectivity index (χ1n) is 14.5. The zero-order valence-electron chi connectivity index (χ0n) is 26.0. The van der Waals surface area contributed by atoms with Crippen LogP contribution in [0.5, 0.6) is 0 Å². The Labute approximate surface area is 249 Å². The number of methoxy groups -OCH3 is 1. The molecule has 1 rings (SSSR count). The summed E-state index contributed by atoms with van der Waals surface area (Å²) in [5, 5.41) is 16.4. The maximum absolute atomic E-state index is 13.3. The summed E-state index contributed by atoms with van der Waals surface area (Å²) in [5.41, 5.74) is 0. The van der Waals surface area contributed by atoms with E-state index in [0.717, 1.165) is 0 Å². The standard InChI is InChI=1S/C29H50N6O7/c1-18(2)21-11-12-23(36)30-13-9-8-10-22(26(37)32-21)33-28(39)25(20(5)6)35-29(40)34-24(19(3)4)27(38)31-14-15-42-17-16-41-7/h8,10-12,18-22,24-25H,9,13-17H2,1-7H3,(H,30,36)(H,31,38)(H,32,37)(H,33,39)(H2,34,35,40)/b10-8-,12-11+/t21-,22?,24+,25+/m1/s1. The molecule has 238 valence electrons. The number of amides is 6. The molecule has 1 unspecified atom stereocenters. The number of hydrogen-bond acceptors (Lipinski definition) is 7. The van der Waals surface area contributed by atoms with Gasteiger partial charge < -0.3 is 41.4 Å². The Morgan fingerprint density at radius 3 is 2.17 bits per heavy atom. The highest BCUT2D eigenvalue weighted by Crippen LogP contribution is 2.08. The lowest BCUT2D eigenvalue weighted by molar-refractivity contribution is -0.129. The second-order valence-corrected chi connectivity index (χ2v) is 11.1. The minimum atomic E-state index is -1.01. The van der Waals surface area contributed by atoms with Gasteiger partial charge in [0.05, 0.1) is 19.8 Å². The second kappa shape index (κ2) is 19.6. The fourth-order valence-electron chi connectivity index (χ4n) is 3.89. The summed E-state index contributed by atoms with van der Waals surface area (Å²) in [5.74, 6) is -2.19. The Morgan fingerprint density at radius 2 is 1.57 bits per heavy atom. The SMILES string of the molecule is COCCOCCNC(=O)[C@@H](NC(=O)N[C@H](C(=O)NC1/C=C\CCNC(=O)/C=C/[C@H](C(C)C)NC1=O)C(C)C)C(C)C. The van der Waals surface area contributed by atoms with Gasteiger partial charge in [0.2, 0.25) is 23.6 Å². The van der Waals surface area contributed by atoms with Gasteiger partial charge in [-0.25, -0.2) is 4.79 Å². The van der Waals surface area contributed by atoms with Gasteiger partial charge in [0.25, 0.3) is 0 Å². The van der Waals surface area contributed by atoms with Gasteiger partial charge >= 0.3 is 6.03 Å². The number of urea groups is 1. The predicted octanol–water partition coefficient (Wildman–Crippen LogP) is 0.372. The number of ether oxygens (including phenoxy) is 2. The molecular formula is C29H50N6O7. The van der Waals surface area contributed by atoms with Crippen LogP contribution in [-0.4, -0.2) is 93.8 Å². The van der Waals surface area contributed by atoms with Gasteiger partial charge in [-0.3, -0.25) is 19.2 Å². The second-order valence-electron chi connectivity index (χ2n) is 11.1. The van der Waals surface area contributed by atoms with E-state index < -0.39 is 42.0 Å². The first-order valence-corrected chi connectivity index (χ1v) is 14.5. The largest absolute Gasteiger partial charge is 0.382 e. The summed E-state index contributed by atoms with van der Waals surface area (Å²) in [6, 6.07) is -3.96. The molecule has 1 heterocycles. The van der Waals surface area contributed by atoms with Gasteiger partial charge in [0.1, 0.15) is 18.1 Å². The van der Waals surface area contributed by atoms with Crippen molar-refractivity contribution in [3.05, 3.63) is 24.3 Å². The molecule has 1 aliphatic heterocycles. The lowest BCUT2D eigenvalue weighted by atomic mass is 10.0. The zero-order valence-corrected chi connectivity index (χ0v) is 26.0. The number of hydrogen-bond donors (Lipinski definition) is 6. The van der Waals surface area contributed by atoms with Gasteiger partial charge in [0.15, 0.2) is 0 Å². The molecule has 13 heteroatoms. The van der Waals surface area contributed by atoms with Crippen molar-refractivity contribution in [3.8, 4) is 0 Å². The van der Waals surface area contributed by atoms with E-state index in [9.17, 15) is 24.0 Å². The maximum Gasteiger partial charge on any atom is 0.316 e. The Balaban J connectivity index is 2.89. The van der Waals surface area contributed by atoms with Crippen LogP contribution < -0.4 is 31.9 Å². The normalized spacial score (nSPS) is 20.8. The highest BCUT2D eigenvalue weighted by Gasteiger charge is 2.31. The van der Waals surface area contributed by atoms with E-state index in [1.165, 1.54) is 6.08 Å². The van der Waals surface area contributed by atoms with Crippen LogP contribution in [0.4, 0.5) is 4.79 Å². The highest BCUT2D eigenvalue weighted by molar-refractivity contribution is 5.94. The van der Waals surface area contributed by atoms with Crippen LogP contribution in [0.2, 0.25) is 0 Å². The quantitative estimate of drug-likeness (QED) is 0.124. The van der Waals surface area contributed by atoms with Gasteiger partial charge in [-0.15, -0.1) is 0 Å². The molecule has 0 aromatic heterocycles. The lowest BCUT2D eigenvalue weighted by Crippen LogP contribution is -2.59. The molecule has 0 spiro atoms. The van der Waals surface area contributed by atoms with E-state index in [1.807, 2.05) is 13.8 Å². The topological polar surface area (TPSA) is 176 Å². The van der Waals surface area contributed by atoms with Gasteiger partial charge in [0, 0.05) is 32.3 Å². The van der Waals surface area contributed by atoms with Crippen molar-refractivity contribution in [3.63, 3.8) is 0 Å². The Morgan fingerprint density at radius 1 is 0.929 bits per heavy atom. The summed E-state index contributed by atoms with van der Waals surface area (Å²) < 4.78 is 10.3. The minimum absolute atomic E-state index is 0.00988. The van der Waals surface area contributed by atoms with E-state index in [0.29, 0.717) is 32.8 Å². The van der Waals surface area contributed by atoms with E-state index in [1.54, 1.807) is 53.0 Å². The summed E-state index contributed by atoms with van der Waals surface area (Å²) >= 11 is 0. The lowest BCUT2D eigenvalue weighted by Gasteiger charge is -2.27. The molecule has 6 N–H and O–H groups in total. The molecule has 0 aromatic rings. The molecule has 4 atom stereocenters. The predicted molar refractivity (Wildman–Crippen MR) is 159 cm³/mol. The third-order valence-corrected chi connectivity index (χ3v) is 6.45. The molecule has 0 saturated carbocycles. The van der Waals surface area contributed by atoms with Gasteiger partial charge in [-0.05, 0) is 24.2 Å². The summed E-state index contributed by atoms with van der Waals surface area (Å²) in [6.07, 6.45) is 6.75. The molecule has 0 radical (unpaired) electrons. The van der Waals surface area contributed by atoms with E-state index in [-0.39, 0.29) is 36.1 Å². The van der Waals surface area contributed by atoms with Crippen LogP contribution in [-0.2, 0) is 28.7 Å². The Kier molecular flexibility index (Phi) is 17.1. The molecule has 1 aliphatic rings. The van der Waals surface area contributed by atoms with Crippen molar-refractivity contribution in [2.75, 3.05) is 40.0 Å². The summed E-state index contributed by atoms with van der Waals surface area (Å²) in [4.78, 5) is 64.1. The third kappa shape index (κ3) is 13.9. The van der Waals surface area contributed by atoms with E-state index in [4.69, 9.17) is 9.47 Å². The molecule has 13 nitrogen and oxygen atoms in total. The molecule has 0 aromatic carbocycles. The summed E-state index contributed by atoms with van der Waals surface area (Å²) in [6.45, 7) is 12.7. The van der Waals surface area contributed by atoms with Crippen molar-refractivity contribution in [2.45, 2.75) is 72.1 Å². The molecule has 0 fully saturated rings. The van der Waals surface area contributed by atoms with Crippen molar-refractivity contribution in [1.82, 2.24) is 31.9 Å². The van der Waals surface area contributed by atoms with Crippen LogP contribution in [0.25, 0.3) is 0 Å². The number of carbonyl (C=O) groups excluding carboxylic acids is 5. The Hall–Kier alpha value is -3.45. The fraction of sp³-hybridized carbons (Fsp3) is 0.690. The Bertz CT molecular complexity index is 951. The summed E-state index contributed by atoms with van der Waals surface area (Å²) in [7, 11) is 1.57. The monoisotopic (exact) mass is 594 g/mol. The first-order chi connectivity index (χ1) is 19.9. The zero-order chi connectivity index (χ0) is 31.7. The minimum Gasteiger partial charge on any atom is -0.382 e. The number of carbonyl (C=O) groups is 5. The van der Waals surface area contributed by atoms with E-state index in [2.05, 4.69) is 31.9 Å². The molecule has 0 bridgehead atoms. The smallest absolute Gasteiger partial charge is 0.316 e. The maximum atomic E-state index is 13.3. The molecule has 0 saturated heterocycles. The fourth-order valence-corrected chi connectivity index (χ4v) is 3.89. The van der Waals surface area contributed by atoms with E-state index >= 15 is 0 Å². The van der Waals surface area contributed by atoms with Crippen molar-refractivity contribution >= 4 is 29.7 Å².